The highest BCUT2D eigenvalue weighted by Gasteiger charge is 2.37. The summed E-state index contributed by atoms with van der Waals surface area (Å²) in [6.45, 7) is 13.1. The van der Waals surface area contributed by atoms with E-state index < -0.39 is 12.3 Å². The number of carbonyl (C=O) groups excluding carboxylic acids is 1. The van der Waals surface area contributed by atoms with Crippen molar-refractivity contribution in [1.82, 2.24) is 15.5 Å². The van der Waals surface area contributed by atoms with Gasteiger partial charge in [-0.3, -0.25) is 9.69 Å². The summed E-state index contributed by atoms with van der Waals surface area (Å²) in [7, 11) is 0. The first-order chi connectivity index (χ1) is 18.2. The Labute approximate surface area is 233 Å². The summed E-state index contributed by atoms with van der Waals surface area (Å²) in [6, 6.07) is 9.57. The smallest absolute Gasteiger partial charge is 0.237 e. The number of allylic oxidation sites excluding steroid dienone is 1. The number of benzene rings is 1. The molecule has 1 amide bonds. The molecule has 1 aromatic carbocycles. The number of aryl methyl sites for hydroxylation is 1. The van der Waals surface area contributed by atoms with E-state index in [0.29, 0.717) is 36.4 Å². The van der Waals surface area contributed by atoms with Gasteiger partial charge in [-0.15, -0.1) is 11.3 Å². The van der Waals surface area contributed by atoms with Crippen LogP contribution in [0, 0.1) is 6.92 Å². The Hall–Kier alpha value is -2.56. The number of hydrogen-bond acceptors (Lipinski definition) is 6. The molecule has 8 nitrogen and oxygen atoms in total. The van der Waals surface area contributed by atoms with Crippen LogP contribution in [0.2, 0.25) is 0 Å². The van der Waals surface area contributed by atoms with Crippen LogP contribution in [0.1, 0.15) is 72.3 Å². The van der Waals surface area contributed by atoms with E-state index in [1.807, 2.05) is 45.0 Å². The van der Waals surface area contributed by atoms with Gasteiger partial charge in [-0.25, -0.2) is 9.98 Å². The molecule has 0 bridgehead atoms. The lowest BCUT2D eigenvalue weighted by Gasteiger charge is -2.28. The number of guanidine groups is 1. The van der Waals surface area contributed by atoms with E-state index in [-0.39, 0.29) is 18.0 Å². The molecule has 3 N–H and O–H groups in total. The molecule has 1 saturated heterocycles. The topological polar surface area (TPSA) is 98.6 Å². The van der Waals surface area contributed by atoms with Crippen LogP contribution in [0.4, 0.5) is 0 Å². The van der Waals surface area contributed by atoms with Gasteiger partial charge in [0.1, 0.15) is 6.23 Å². The highest BCUT2D eigenvalue weighted by molar-refractivity contribution is 7.13. The first-order valence-electron chi connectivity index (χ1n) is 12.9. The summed E-state index contributed by atoms with van der Waals surface area (Å²) in [6.07, 6.45) is 0.847. The van der Waals surface area contributed by atoms with E-state index >= 15 is 0 Å². The van der Waals surface area contributed by atoms with Gasteiger partial charge in [0.25, 0.3) is 0 Å². The lowest BCUT2D eigenvalue weighted by atomic mass is 10.1. The maximum Gasteiger partial charge on any atom is 0.237 e. The van der Waals surface area contributed by atoms with Crippen molar-refractivity contribution in [2.75, 3.05) is 13.2 Å². The molecule has 2 aliphatic rings. The number of thiophene rings is 1. The van der Waals surface area contributed by atoms with Gasteiger partial charge in [0.05, 0.1) is 22.7 Å². The molecule has 0 spiro atoms. The molecule has 0 aliphatic carbocycles. The Morgan fingerprint density at radius 2 is 2.03 bits per heavy atom. The van der Waals surface area contributed by atoms with Crippen LogP contribution in [0.5, 0.6) is 0 Å². The van der Waals surface area contributed by atoms with E-state index in [1.165, 1.54) is 11.3 Å². The van der Waals surface area contributed by atoms with Crippen molar-refractivity contribution in [1.29, 1.82) is 0 Å². The number of aliphatic hydroxyl groups is 1. The maximum absolute atomic E-state index is 13.1. The van der Waals surface area contributed by atoms with Crippen molar-refractivity contribution in [2.24, 2.45) is 9.98 Å². The summed E-state index contributed by atoms with van der Waals surface area (Å²) in [5.41, 5.74) is 3.55. The number of halogens is 1. The van der Waals surface area contributed by atoms with Crippen molar-refractivity contribution in [3.05, 3.63) is 61.8 Å². The zero-order valence-corrected chi connectivity index (χ0v) is 23.9. The van der Waals surface area contributed by atoms with Crippen LogP contribution in [-0.2, 0) is 16.1 Å². The Balaban J connectivity index is 1.45. The minimum Gasteiger partial charge on any atom is -0.381 e. The van der Waals surface area contributed by atoms with Gasteiger partial charge in [-0.1, -0.05) is 41.4 Å². The molecule has 1 fully saturated rings. The van der Waals surface area contributed by atoms with Crippen LogP contribution in [0.25, 0.3) is 5.70 Å². The molecule has 10 heteroatoms. The third-order valence-electron chi connectivity index (χ3n) is 7.02. The molecular weight excluding hydrogens is 522 g/mol. The molecule has 0 radical (unpaired) electrons. The first kappa shape index (κ1) is 28.4. The quantitative estimate of drug-likeness (QED) is 0.333. The number of hydrogen-bond donors (Lipinski definition) is 3. The zero-order valence-electron chi connectivity index (χ0n) is 22.3. The second kappa shape index (κ2) is 12.5. The summed E-state index contributed by atoms with van der Waals surface area (Å²) in [5.74, 6) is 0.284. The zero-order chi connectivity index (χ0) is 27.4. The Morgan fingerprint density at radius 1 is 1.29 bits per heavy atom. The summed E-state index contributed by atoms with van der Waals surface area (Å²) >= 11 is 7.97. The van der Waals surface area contributed by atoms with Crippen LogP contribution >= 0.6 is 22.9 Å². The predicted octanol–water partition coefficient (Wildman–Crippen LogP) is 4.88. The number of amides is 1. The largest absolute Gasteiger partial charge is 0.381 e. The van der Waals surface area contributed by atoms with Gasteiger partial charge in [0, 0.05) is 41.3 Å². The van der Waals surface area contributed by atoms with Crippen LogP contribution in [0.15, 0.2) is 45.3 Å². The number of nitrogens with one attached hydrogen (secondary N) is 2. The van der Waals surface area contributed by atoms with Crippen LogP contribution in [0.3, 0.4) is 0 Å². The normalized spacial score (nSPS) is 20.9. The van der Waals surface area contributed by atoms with Crippen LogP contribution in [-0.4, -0.2) is 53.9 Å². The number of ether oxygens (including phenoxy) is 1. The Bertz CT molecular complexity index is 1230. The van der Waals surface area contributed by atoms with Gasteiger partial charge in [-0.05, 0) is 58.9 Å². The van der Waals surface area contributed by atoms with Crippen LogP contribution < -0.4 is 10.6 Å². The van der Waals surface area contributed by atoms with E-state index in [1.54, 1.807) is 11.8 Å². The Kier molecular flexibility index (Phi) is 9.38. The summed E-state index contributed by atoms with van der Waals surface area (Å²) in [4.78, 5) is 25.4. The molecule has 38 heavy (non-hydrogen) atoms. The summed E-state index contributed by atoms with van der Waals surface area (Å²) < 4.78 is 5.42. The fraction of sp³-hybridized carbons (Fsp3) is 0.464. The molecule has 4 rings (SSSR count). The number of nitrogens with zero attached hydrogens (tertiary/aromatic N) is 3. The molecule has 2 aliphatic heterocycles. The van der Waals surface area contributed by atoms with E-state index in [4.69, 9.17) is 16.3 Å². The monoisotopic (exact) mass is 557 g/mol. The number of aliphatic imine (C=N–C) groups is 2. The minimum atomic E-state index is -0.900. The number of aliphatic hydroxyl groups excluding tert-OH is 1. The highest BCUT2D eigenvalue weighted by atomic mass is 35.5. The molecule has 1 unspecified atom stereocenters. The predicted molar refractivity (Wildman–Crippen MR) is 154 cm³/mol. The van der Waals surface area contributed by atoms with E-state index in [2.05, 4.69) is 33.4 Å². The number of rotatable bonds is 7. The maximum atomic E-state index is 13.1. The van der Waals surface area contributed by atoms with E-state index in [9.17, 15) is 9.90 Å². The SMILES string of the molecule is C=N/C(=N\C(=C(/C)Cl)c1cc2c(s1)CN([C@H](C)C(=O)N[C@H](C)c1cccc(C)c1)C2O)NC1CCOCC1. The molecule has 3 heterocycles. The van der Waals surface area contributed by atoms with E-state index in [0.717, 1.165) is 39.3 Å². The standard InChI is InChI=1S/C28H36ClN5O3S/c1-16-7-6-8-20(13-16)18(3)31-26(35)19(4)34-15-24-22(27(34)36)14-23(38-24)25(17(2)29)33-28(30-5)32-21-9-11-37-12-10-21/h6-8,13-14,18-19,21,27,36H,5,9-12,15H2,1-4H3,(H,31,35)(H,32,33)/b25-17+/t18-,19-,27?/m1/s1. The fourth-order valence-electron chi connectivity index (χ4n) is 4.73. The second-order valence-corrected chi connectivity index (χ2v) is 11.6. The fourth-order valence-corrected chi connectivity index (χ4v) is 6.18. The van der Waals surface area contributed by atoms with Crippen molar-refractivity contribution >= 4 is 47.2 Å². The first-order valence-corrected chi connectivity index (χ1v) is 14.1. The molecular formula is C28H36ClN5O3S. The van der Waals surface area contributed by atoms with Crippen molar-refractivity contribution in [3.63, 3.8) is 0 Å². The summed E-state index contributed by atoms with van der Waals surface area (Å²) in [5, 5.41) is 18.1. The molecule has 0 saturated carbocycles. The number of carbonyl (C=O) groups is 1. The third kappa shape index (κ3) is 6.52. The van der Waals surface area contributed by atoms with Gasteiger partial charge in [0.15, 0.2) is 0 Å². The van der Waals surface area contributed by atoms with Gasteiger partial charge < -0.3 is 20.5 Å². The minimum absolute atomic E-state index is 0.129. The lowest BCUT2D eigenvalue weighted by Crippen LogP contribution is -2.45. The molecule has 1 aromatic heterocycles. The molecule has 204 valence electrons. The van der Waals surface area contributed by atoms with Gasteiger partial charge in [-0.2, -0.15) is 0 Å². The third-order valence-corrected chi connectivity index (χ3v) is 8.34. The second-order valence-electron chi connectivity index (χ2n) is 9.86. The average Bonchev–Trinajstić information content (AvgIpc) is 3.45. The number of fused-ring (bicyclic) bond motifs is 1. The van der Waals surface area contributed by atoms with Gasteiger partial charge in [0.2, 0.25) is 11.9 Å². The highest BCUT2D eigenvalue weighted by Crippen LogP contribution is 2.42. The lowest BCUT2D eigenvalue weighted by molar-refractivity contribution is -0.131. The molecule has 2 aromatic rings. The van der Waals surface area contributed by atoms with Crippen molar-refractivity contribution < 1.29 is 14.6 Å². The molecule has 3 atom stereocenters. The average molecular weight is 558 g/mol. The van der Waals surface area contributed by atoms with Crippen molar-refractivity contribution in [3.8, 4) is 0 Å². The Morgan fingerprint density at radius 3 is 2.66 bits per heavy atom. The van der Waals surface area contributed by atoms with Gasteiger partial charge >= 0.3 is 0 Å². The van der Waals surface area contributed by atoms with Crippen molar-refractivity contribution in [2.45, 2.75) is 71.4 Å².